The Kier molecular flexibility index (Phi) is 10.0. The zero-order chi connectivity index (χ0) is 35.8. The minimum Gasteiger partial charge on any atom is -0.446 e. The molecule has 0 spiro atoms. The topological polar surface area (TPSA) is 181 Å². The standard InChI is InChI=1S/C33H41N5O9S.C3H6/c39-28-26-11-5-3-1-2-4-8-20-14-27(20)34-29(40)33(30(41)36-48(44,45)25-13-12-23(15-25)46-31(42)35-26)16-24(19-38(28)33)47-32(43)37-17-21-9-6-7-10-22(21)18-37;1-2-3-1/h4,6-10,20,23-27H,1-3,5,11-19H2,(H,34,40)(H,35,42)(H,36,41);1-3H2. The summed E-state index contributed by atoms with van der Waals surface area (Å²) >= 11 is 0. The molecular formula is C36H47N5O9S. The van der Waals surface area contributed by atoms with Gasteiger partial charge in [-0.1, -0.05) is 68.5 Å². The third kappa shape index (κ3) is 7.73. The van der Waals surface area contributed by atoms with E-state index in [0.29, 0.717) is 25.9 Å². The number of allylic oxidation sites excluding steroid dienone is 1. The van der Waals surface area contributed by atoms with Crippen molar-refractivity contribution in [2.45, 2.75) is 132 Å². The van der Waals surface area contributed by atoms with Gasteiger partial charge in [-0.05, 0) is 55.6 Å². The summed E-state index contributed by atoms with van der Waals surface area (Å²) in [6, 6.07) is 6.09. The molecule has 51 heavy (non-hydrogen) atoms. The van der Waals surface area contributed by atoms with E-state index in [2.05, 4.69) is 21.4 Å². The lowest BCUT2D eigenvalue weighted by molar-refractivity contribution is -0.153. The number of sulfonamides is 1. The number of amides is 5. The highest BCUT2D eigenvalue weighted by Crippen LogP contribution is 2.39. The third-order valence-electron chi connectivity index (χ3n) is 10.9. The summed E-state index contributed by atoms with van der Waals surface area (Å²) in [6.45, 7) is 0.253. The van der Waals surface area contributed by atoms with Gasteiger partial charge >= 0.3 is 12.2 Å². The number of hydrogen-bond donors (Lipinski definition) is 3. The average Bonchev–Trinajstić information content (AvgIpc) is 3.97. The van der Waals surface area contributed by atoms with Crippen LogP contribution in [0.15, 0.2) is 36.4 Å². The molecule has 0 radical (unpaired) electrons. The molecule has 5 fully saturated rings. The van der Waals surface area contributed by atoms with Crippen LogP contribution in [0.3, 0.4) is 0 Å². The lowest BCUT2D eigenvalue weighted by atomic mass is 9.92. The molecule has 7 aliphatic rings. The Morgan fingerprint density at radius 2 is 1.61 bits per heavy atom. The average molecular weight is 726 g/mol. The summed E-state index contributed by atoms with van der Waals surface area (Å²) in [5, 5.41) is 4.50. The second-order valence-corrected chi connectivity index (χ2v) is 16.8. The van der Waals surface area contributed by atoms with Gasteiger partial charge in [-0.15, -0.1) is 0 Å². The van der Waals surface area contributed by atoms with Crippen LogP contribution in [0.5, 0.6) is 0 Å². The molecule has 1 aromatic carbocycles. The van der Waals surface area contributed by atoms with Crippen LogP contribution in [0, 0.1) is 5.92 Å². The molecule has 0 aromatic heterocycles. The van der Waals surface area contributed by atoms with Crippen molar-refractivity contribution in [3.63, 3.8) is 0 Å². The van der Waals surface area contributed by atoms with Crippen LogP contribution in [0.25, 0.3) is 0 Å². The summed E-state index contributed by atoms with van der Waals surface area (Å²) in [7, 11) is -4.36. The number of carbonyl (C=O) groups excluding carboxylic acids is 5. The molecule has 3 saturated carbocycles. The van der Waals surface area contributed by atoms with Crippen LogP contribution in [0.2, 0.25) is 0 Å². The molecule has 7 atom stereocenters. The summed E-state index contributed by atoms with van der Waals surface area (Å²) in [5.41, 5.74) is -0.446. The fourth-order valence-electron chi connectivity index (χ4n) is 7.73. The zero-order valence-corrected chi connectivity index (χ0v) is 29.5. The van der Waals surface area contributed by atoms with E-state index in [1.165, 1.54) is 24.2 Å². The summed E-state index contributed by atoms with van der Waals surface area (Å²) < 4.78 is 40.8. The van der Waals surface area contributed by atoms with Crippen molar-refractivity contribution in [2.24, 2.45) is 5.92 Å². The predicted octanol–water partition coefficient (Wildman–Crippen LogP) is 3.15. The number of ether oxygens (including phenoxy) is 2. The van der Waals surface area contributed by atoms with E-state index in [9.17, 15) is 32.4 Å². The predicted molar refractivity (Wildman–Crippen MR) is 183 cm³/mol. The highest BCUT2D eigenvalue weighted by atomic mass is 32.2. The van der Waals surface area contributed by atoms with Crippen molar-refractivity contribution >= 4 is 39.9 Å². The van der Waals surface area contributed by atoms with Crippen LogP contribution in [0.4, 0.5) is 9.59 Å². The van der Waals surface area contributed by atoms with Gasteiger partial charge in [0.2, 0.25) is 21.5 Å². The van der Waals surface area contributed by atoms with E-state index >= 15 is 0 Å². The van der Waals surface area contributed by atoms with Gasteiger partial charge in [-0.2, -0.15) is 0 Å². The normalized spacial score (nSPS) is 34.1. The Morgan fingerprint density at radius 1 is 0.882 bits per heavy atom. The molecule has 7 unspecified atom stereocenters. The minimum atomic E-state index is -4.36. The lowest BCUT2D eigenvalue weighted by Gasteiger charge is -2.37. The molecular weight excluding hydrogens is 678 g/mol. The third-order valence-corrected chi connectivity index (χ3v) is 12.7. The number of benzene rings is 1. The molecule has 1 aromatic rings. The Balaban J connectivity index is 0.00000129. The quantitative estimate of drug-likeness (QED) is 0.290. The van der Waals surface area contributed by atoms with E-state index in [0.717, 1.165) is 35.3 Å². The molecule has 3 aliphatic carbocycles. The second-order valence-electron chi connectivity index (χ2n) is 14.9. The zero-order valence-electron chi connectivity index (χ0n) is 28.7. The van der Waals surface area contributed by atoms with Crippen LogP contribution in [-0.2, 0) is 47.0 Å². The van der Waals surface area contributed by atoms with Crippen LogP contribution in [-0.4, -0.2) is 89.8 Å². The van der Waals surface area contributed by atoms with Gasteiger partial charge in [-0.25, -0.2) is 18.0 Å². The van der Waals surface area contributed by atoms with Crippen LogP contribution in [0.1, 0.15) is 94.6 Å². The molecule has 3 N–H and O–H groups in total. The first-order chi connectivity index (χ1) is 24.5. The van der Waals surface area contributed by atoms with Crippen molar-refractivity contribution in [3.05, 3.63) is 47.5 Å². The number of rotatable bonds is 1. The Hall–Kier alpha value is -4.14. The molecule has 5 amide bonds. The molecule has 2 saturated heterocycles. The van der Waals surface area contributed by atoms with Crippen molar-refractivity contribution in [1.82, 2.24) is 25.2 Å². The monoisotopic (exact) mass is 725 g/mol. The first-order valence-electron chi connectivity index (χ1n) is 18.4. The molecule has 4 bridgehead atoms. The van der Waals surface area contributed by atoms with E-state index in [4.69, 9.17) is 9.47 Å². The number of carbonyl (C=O) groups is 5. The second kappa shape index (κ2) is 14.5. The summed E-state index contributed by atoms with van der Waals surface area (Å²) in [4.78, 5) is 72.4. The number of nitrogens with zero attached hydrogens (tertiary/aromatic N) is 2. The lowest BCUT2D eigenvalue weighted by Crippen LogP contribution is -2.68. The van der Waals surface area contributed by atoms with Gasteiger partial charge in [0.15, 0.2) is 0 Å². The molecule has 4 aliphatic heterocycles. The van der Waals surface area contributed by atoms with Gasteiger partial charge in [0.1, 0.15) is 18.2 Å². The molecule has 14 nitrogen and oxygen atoms in total. The van der Waals surface area contributed by atoms with Crippen molar-refractivity contribution < 1.29 is 41.9 Å². The summed E-state index contributed by atoms with van der Waals surface area (Å²) in [5.74, 6) is -2.77. The van der Waals surface area contributed by atoms with E-state index in [-0.39, 0.29) is 44.2 Å². The maximum atomic E-state index is 14.5. The fourth-order valence-corrected chi connectivity index (χ4v) is 9.24. The first-order valence-corrected chi connectivity index (χ1v) is 19.9. The van der Waals surface area contributed by atoms with Gasteiger partial charge < -0.3 is 25.0 Å². The van der Waals surface area contributed by atoms with Gasteiger partial charge in [0.05, 0.1) is 11.8 Å². The van der Waals surface area contributed by atoms with Crippen molar-refractivity contribution in [1.29, 1.82) is 0 Å². The highest BCUT2D eigenvalue weighted by molar-refractivity contribution is 7.90. The van der Waals surface area contributed by atoms with Crippen molar-refractivity contribution in [2.75, 3.05) is 6.54 Å². The molecule has 276 valence electrons. The van der Waals surface area contributed by atoms with Crippen LogP contribution < -0.4 is 15.4 Å². The SMILES string of the molecule is C1CC1.O=C1NC2CCCCCC=CC3CC3NC(=O)C3(CC(OC(=O)N4Cc5ccccc5C4)CN3C2=O)C(=O)NS(=O)(=O)C2CCC(C2)O1. The summed E-state index contributed by atoms with van der Waals surface area (Å²) in [6.07, 6.45) is 8.91. The molecule has 4 heterocycles. The number of alkyl carbamates (subject to hydrolysis) is 1. The molecule has 8 rings (SSSR count). The van der Waals surface area contributed by atoms with E-state index < -0.39 is 75.4 Å². The molecule has 15 heteroatoms. The van der Waals surface area contributed by atoms with Crippen LogP contribution >= 0.6 is 0 Å². The van der Waals surface area contributed by atoms with Crippen molar-refractivity contribution in [3.8, 4) is 0 Å². The number of fused-ring (bicyclic) bond motifs is 5. The smallest absolute Gasteiger partial charge is 0.410 e. The van der Waals surface area contributed by atoms with E-state index in [1.54, 1.807) is 0 Å². The maximum Gasteiger partial charge on any atom is 0.410 e. The van der Waals surface area contributed by atoms with Gasteiger partial charge in [0.25, 0.3) is 11.8 Å². The van der Waals surface area contributed by atoms with E-state index in [1.807, 2.05) is 30.3 Å². The largest absolute Gasteiger partial charge is 0.446 e. The fraction of sp³-hybridized carbons (Fsp3) is 0.639. The first kappa shape index (κ1) is 35.3. The number of hydrogen-bond acceptors (Lipinski definition) is 9. The highest BCUT2D eigenvalue weighted by Gasteiger charge is 2.62. The Morgan fingerprint density at radius 3 is 2.33 bits per heavy atom. The van der Waals surface area contributed by atoms with Gasteiger partial charge in [0, 0.05) is 32.0 Å². The minimum absolute atomic E-state index is 0.0348. The van der Waals surface area contributed by atoms with Gasteiger partial charge in [-0.3, -0.25) is 24.0 Å². The number of nitrogens with one attached hydrogen (secondary N) is 3. The maximum absolute atomic E-state index is 14.5. The Bertz CT molecular complexity index is 1670. The Labute approximate surface area is 298 Å².